The van der Waals surface area contributed by atoms with Gasteiger partial charge in [0.25, 0.3) is 0 Å². The van der Waals surface area contributed by atoms with Crippen molar-refractivity contribution < 1.29 is 0 Å². The number of nitrogens with zero attached hydrogens (tertiary/aromatic N) is 1. The summed E-state index contributed by atoms with van der Waals surface area (Å²) in [5.41, 5.74) is 1.66. The van der Waals surface area contributed by atoms with E-state index in [4.69, 9.17) is 0 Å². The molecule has 1 aromatic heterocycles. The maximum atomic E-state index is 4.23. The SMILES string of the molecule is C=C/C=C(/C#Cc1csc(C)n1)C=C. The van der Waals surface area contributed by atoms with Crippen LogP contribution in [0.2, 0.25) is 0 Å². The Hall–Kier alpha value is -1.59. The maximum absolute atomic E-state index is 4.23. The van der Waals surface area contributed by atoms with E-state index in [9.17, 15) is 0 Å². The summed E-state index contributed by atoms with van der Waals surface area (Å²) < 4.78 is 0. The highest BCUT2D eigenvalue weighted by Gasteiger charge is 1.91. The Morgan fingerprint density at radius 3 is 2.86 bits per heavy atom. The van der Waals surface area contributed by atoms with E-state index >= 15 is 0 Å². The van der Waals surface area contributed by atoms with Gasteiger partial charge in [-0.1, -0.05) is 31.2 Å². The standard InChI is InChI=1S/C12H11NS/c1-4-6-11(5-2)7-8-12-9-14-10(3)13-12/h4-6,9H,1-2H2,3H3/b11-6+. The highest BCUT2D eigenvalue weighted by Crippen LogP contribution is 2.06. The van der Waals surface area contributed by atoms with Gasteiger partial charge in [0.2, 0.25) is 0 Å². The summed E-state index contributed by atoms with van der Waals surface area (Å²) in [6.07, 6.45) is 5.21. The van der Waals surface area contributed by atoms with Crippen LogP contribution in [0.1, 0.15) is 10.7 Å². The minimum Gasteiger partial charge on any atom is -0.233 e. The second-order valence-electron chi connectivity index (χ2n) is 2.56. The van der Waals surface area contributed by atoms with Crippen molar-refractivity contribution in [3.63, 3.8) is 0 Å². The van der Waals surface area contributed by atoms with Crippen LogP contribution in [-0.4, -0.2) is 4.98 Å². The van der Waals surface area contributed by atoms with Crippen LogP contribution in [-0.2, 0) is 0 Å². The summed E-state index contributed by atoms with van der Waals surface area (Å²) in [4.78, 5) is 4.23. The van der Waals surface area contributed by atoms with E-state index in [1.165, 1.54) is 0 Å². The highest BCUT2D eigenvalue weighted by molar-refractivity contribution is 7.09. The Morgan fingerprint density at radius 1 is 1.57 bits per heavy atom. The van der Waals surface area contributed by atoms with Crippen molar-refractivity contribution in [2.75, 3.05) is 0 Å². The van der Waals surface area contributed by atoms with Gasteiger partial charge in [-0.2, -0.15) is 0 Å². The minimum atomic E-state index is 0.810. The molecule has 0 aliphatic heterocycles. The average molecular weight is 201 g/mol. The minimum absolute atomic E-state index is 0.810. The molecule has 1 nitrogen and oxygen atoms in total. The molecule has 0 aliphatic rings. The number of hydrogen-bond donors (Lipinski definition) is 0. The third kappa shape index (κ3) is 3.04. The molecule has 1 rings (SSSR count). The quantitative estimate of drug-likeness (QED) is 0.529. The van der Waals surface area contributed by atoms with Crippen molar-refractivity contribution in [3.05, 3.63) is 53.0 Å². The van der Waals surface area contributed by atoms with E-state index in [2.05, 4.69) is 30.0 Å². The van der Waals surface area contributed by atoms with Gasteiger partial charge in [0.05, 0.1) is 5.01 Å². The first-order chi connectivity index (χ1) is 6.76. The number of aryl methyl sites for hydroxylation is 1. The van der Waals surface area contributed by atoms with Gasteiger partial charge in [-0.3, -0.25) is 0 Å². The van der Waals surface area contributed by atoms with Gasteiger partial charge in [0, 0.05) is 11.0 Å². The van der Waals surface area contributed by atoms with Gasteiger partial charge in [-0.15, -0.1) is 11.3 Å². The molecular formula is C12H11NS. The van der Waals surface area contributed by atoms with Gasteiger partial charge in [0.1, 0.15) is 5.69 Å². The first-order valence-electron chi connectivity index (χ1n) is 4.15. The molecule has 14 heavy (non-hydrogen) atoms. The van der Waals surface area contributed by atoms with E-state index < -0.39 is 0 Å². The molecular weight excluding hydrogens is 190 g/mol. The highest BCUT2D eigenvalue weighted by atomic mass is 32.1. The third-order valence-electron chi connectivity index (χ3n) is 1.47. The lowest BCUT2D eigenvalue weighted by Crippen LogP contribution is -1.75. The zero-order valence-electron chi connectivity index (χ0n) is 8.08. The zero-order valence-corrected chi connectivity index (χ0v) is 8.90. The molecule has 2 heteroatoms. The van der Waals surface area contributed by atoms with Crippen molar-refractivity contribution in [1.82, 2.24) is 4.98 Å². The van der Waals surface area contributed by atoms with E-state index in [0.717, 1.165) is 16.3 Å². The molecule has 70 valence electrons. The third-order valence-corrected chi connectivity index (χ3v) is 2.24. The van der Waals surface area contributed by atoms with Crippen LogP contribution in [0.5, 0.6) is 0 Å². The number of aromatic nitrogens is 1. The molecule has 0 unspecified atom stereocenters. The van der Waals surface area contributed by atoms with E-state index in [0.29, 0.717) is 0 Å². The molecule has 0 amide bonds. The molecule has 0 atom stereocenters. The van der Waals surface area contributed by atoms with Crippen LogP contribution in [0.4, 0.5) is 0 Å². The summed E-state index contributed by atoms with van der Waals surface area (Å²) in [7, 11) is 0. The van der Waals surface area contributed by atoms with E-state index in [1.807, 2.05) is 18.4 Å². The summed E-state index contributed by atoms with van der Waals surface area (Å²) in [6.45, 7) is 9.22. The Labute approximate surface area is 88.5 Å². The zero-order chi connectivity index (χ0) is 10.4. The fraction of sp³-hybridized carbons (Fsp3) is 0.0833. The van der Waals surface area contributed by atoms with Gasteiger partial charge < -0.3 is 0 Å². The fourth-order valence-electron chi connectivity index (χ4n) is 0.845. The van der Waals surface area contributed by atoms with Crippen LogP contribution < -0.4 is 0 Å². The predicted molar refractivity (Wildman–Crippen MR) is 62.2 cm³/mol. The summed E-state index contributed by atoms with van der Waals surface area (Å²) in [5.74, 6) is 5.93. The lowest BCUT2D eigenvalue weighted by Gasteiger charge is -1.83. The summed E-state index contributed by atoms with van der Waals surface area (Å²) in [6, 6.07) is 0. The number of allylic oxidation sites excluding steroid dienone is 4. The van der Waals surface area contributed by atoms with Crippen molar-refractivity contribution in [3.8, 4) is 11.8 Å². The van der Waals surface area contributed by atoms with Crippen LogP contribution in [0.25, 0.3) is 0 Å². The van der Waals surface area contributed by atoms with Crippen LogP contribution in [0.15, 0.2) is 42.3 Å². The number of thiazole rings is 1. The monoisotopic (exact) mass is 201 g/mol. The van der Waals surface area contributed by atoms with Crippen molar-refractivity contribution in [2.45, 2.75) is 6.92 Å². The Balaban J connectivity index is 2.86. The van der Waals surface area contributed by atoms with Gasteiger partial charge in [-0.25, -0.2) is 4.98 Å². The number of rotatable bonds is 2. The summed E-state index contributed by atoms with van der Waals surface area (Å²) >= 11 is 1.60. The molecule has 0 saturated heterocycles. The van der Waals surface area contributed by atoms with Crippen LogP contribution in [0.3, 0.4) is 0 Å². The smallest absolute Gasteiger partial charge is 0.124 e. The topological polar surface area (TPSA) is 12.9 Å². The largest absolute Gasteiger partial charge is 0.233 e. The Morgan fingerprint density at radius 2 is 2.36 bits per heavy atom. The molecule has 1 aromatic rings. The normalized spacial score (nSPS) is 10.2. The van der Waals surface area contributed by atoms with Crippen molar-refractivity contribution in [2.24, 2.45) is 0 Å². The molecule has 0 aromatic carbocycles. The van der Waals surface area contributed by atoms with E-state index in [-0.39, 0.29) is 0 Å². The molecule has 0 spiro atoms. The van der Waals surface area contributed by atoms with Gasteiger partial charge in [-0.05, 0) is 18.9 Å². The molecule has 0 saturated carbocycles. The first-order valence-corrected chi connectivity index (χ1v) is 5.03. The average Bonchev–Trinajstić information content (AvgIpc) is 2.59. The summed E-state index contributed by atoms with van der Waals surface area (Å²) in [5, 5.41) is 2.97. The Kier molecular flexibility index (Phi) is 3.90. The fourth-order valence-corrected chi connectivity index (χ4v) is 1.39. The molecule has 0 aliphatic carbocycles. The second kappa shape index (κ2) is 5.21. The second-order valence-corrected chi connectivity index (χ2v) is 3.63. The molecule has 0 fully saturated rings. The van der Waals surface area contributed by atoms with Crippen molar-refractivity contribution in [1.29, 1.82) is 0 Å². The van der Waals surface area contributed by atoms with Crippen LogP contribution in [0, 0.1) is 18.8 Å². The maximum Gasteiger partial charge on any atom is 0.124 e. The predicted octanol–water partition coefficient (Wildman–Crippen LogP) is 3.10. The van der Waals surface area contributed by atoms with Crippen LogP contribution >= 0.6 is 11.3 Å². The van der Waals surface area contributed by atoms with Gasteiger partial charge >= 0.3 is 0 Å². The molecule has 0 bridgehead atoms. The van der Waals surface area contributed by atoms with Gasteiger partial charge in [0.15, 0.2) is 0 Å². The molecule has 0 N–H and O–H groups in total. The molecule has 1 heterocycles. The van der Waals surface area contributed by atoms with Crippen molar-refractivity contribution >= 4 is 11.3 Å². The first kappa shape index (κ1) is 10.5. The lowest BCUT2D eigenvalue weighted by molar-refractivity contribution is 1.27. The molecule has 0 radical (unpaired) electrons. The number of hydrogen-bond acceptors (Lipinski definition) is 2. The van der Waals surface area contributed by atoms with E-state index in [1.54, 1.807) is 23.5 Å². The lowest BCUT2D eigenvalue weighted by atomic mass is 10.2. The Bertz CT molecular complexity index is 427.